The van der Waals surface area contributed by atoms with Crippen LogP contribution in [-0.2, 0) is 26.0 Å². The zero-order valence-corrected chi connectivity index (χ0v) is 21.2. The number of hydrogen-bond acceptors (Lipinski definition) is 8. The minimum absolute atomic E-state index is 0. The maximum absolute atomic E-state index is 15.2. The molecule has 202 valence electrons. The molecule has 2 fully saturated rings. The number of anilines is 2. The van der Waals surface area contributed by atoms with E-state index in [1.165, 1.54) is 30.6 Å². The molecule has 3 aromatic rings. The van der Waals surface area contributed by atoms with Gasteiger partial charge in [-0.25, -0.2) is 27.6 Å². The number of nitrogens with one attached hydrogen (secondary N) is 1. The van der Waals surface area contributed by atoms with Crippen molar-refractivity contribution >= 4 is 44.3 Å². The molecule has 0 bridgehead atoms. The number of aliphatic carboxylic acids is 1. The first kappa shape index (κ1) is 25.8. The number of halogens is 1. The smallest absolute Gasteiger partial charge is 0.326 e. The molecule has 2 aliphatic heterocycles. The van der Waals surface area contributed by atoms with E-state index in [4.69, 9.17) is 5.73 Å². The molecule has 1 amide bonds. The Morgan fingerprint density at radius 1 is 1.16 bits per heavy atom. The number of sulfonamides is 1. The normalized spacial score (nSPS) is 18.9. The number of carbonyl (C=O) groups excluding carboxylic acids is 1. The first-order chi connectivity index (χ1) is 18.2. The van der Waals surface area contributed by atoms with Gasteiger partial charge < -0.3 is 20.6 Å². The number of nitrogens with two attached hydrogens (primary N) is 1. The summed E-state index contributed by atoms with van der Waals surface area (Å²) in [5.41, 5.74) is 5.89. The monoisotopic (exact) mass is 544 g/mol. The van der Waals surface area contributed by atoms with Crippen molar-refractivity contribution in [3.63, 3.8) is 0 Å². The van der Waals surface area contributed by atoms with Gasteiger partial charge in [-0.15, -0.1) is 0 Å². The number of nitrogens with zero attached hydrogens (tertiary/aromatic N) is 4. The maximum Gasteiger partial charge on any atom is 0.326 e. The number of carboxylic acids is 1. The summed E-state index contributed by atoms with van der Waals surface area (Å²) in [6, 6.07) is 4.96. The topological polar surface area (TPSA) is 159 Å². The van der Waals surface area contributed by atoms with Crippen LogP contribution in [0.3, 0.4) is 0 Å². The summed E-state index contributed by atoms with van der Waals surface area (Å²) < 4.78 is 43.5. The molecule has 5 rings (SSSR count). The van der Waals surface area contributed by atoms with Crippen molar-refractivity contribution in [1.29, 1.82) is 0 Å². The van der Waals surface area contributed by atoms with Gasteiger partial charge in [0.2, 0.25) is 15.9 Å². The van der Waals surface area contributed by atoms with Crippen molar-refractivity contribution in [3.05, 3.63) is 54.1 Å². The Hall–Kier alpha value is -3.84. The molecule has 38 heavy (non-hydrogen) atoms. The molecule has 2 saturated heterocycles. The molecule has 2 aliphatic rings. The van der Waals surface area contributed by atoms with E-state index in [9.17, 15) is 23.1 Å². The van der Waals surface area contributed by atoms with Crippen molar-refractivity contribution in [2.45, 2.75) is 42.7 Å². The summed E-state index contributed by atoms with van der Waals surface area (Å²) in [6.45, 7) is 1.73. The van der Waals surface area contributed by atoms with E-state index < -0.39 is 39.8 Å². The first-order valence-electron chi connectivity index (χ1n) is 12.2. The summed E-state index contributed by atoms with van der Waals surface area (Å²) in [5.74, 6) is -1.81. The molecule has 13 heteroatoms. The highest BCUT2D eigenvalue weighted by molar-refractivity contribution is 7.89. The van der Waals surface area contributed by atoms with Gasteiger partial charge >= 0.3 is 5.97 Å². The molecule has 4 heterocycles. The lowest BCUT2D eigenvalue weighted by Gasteiger charge is -2.25. The van der Waals surface area contributed by atoms with Gasteiger partial charge in [0, 0.05) is 50.6 Å². The van der Waals surface area contributed by atoms with Gasteiger partial charge in [-0.2, -0.15) is 4.72 Å². The highest BCUT2D eigenvalue weighted by Gasteiger charge is 2.41. The van der Waals surface area contributed by atoms with Crippen molar-refractivity contribution in [1.82, 2.24) is 19.6 Å². The molecule has 11 nitrogen and oxygen atoms in total. The van der Waals surface area contributed by atoms with Gasteiger partial charge in [0.25, 0.3) is 0 Å². The van der Waals surface area contributed by atoms with E-state index in [1.807, 2.05) is 0 Å². The molecule has 0 unspecified atom stereocenters. The number of carboxylic acid groups (broad SMARTS) is 1. The number of carbonyl (C=O) groups is 2. The van der Waals surface area contributed by atoms with Crippen LogP contribution in [0.4, 0.5) is 16.0 Å². The second kappa shape index (κ2) is 10.1. The average Bonchev–Trinajstić information content (AvgIpc) is 3.55. The predicted molar refractivity (Wildman–Crippen MR) is 139 cm³/mol. The van der Waals surface area contributed by atoms with Gasteiger partial charge in [-0.1, -0.05) is 12.1 Å². The number of nitrogen functional groups attached to an aromatic ring is 1. The van der Waals surface area contributed by atoms with Gasteiger partial charge in [0.15, 0.2) is 0 Å². The minimum Gasteiger partial charge on any atom is -0.480 e. The summed E-state index contributed by atoms with van der Waals surface area (Å²) in [4.78, 5) is 36.5. The van der Waals surface area contributed by atoms with Crippen LogP contribution in [0.15, 0.2) is 47.6 Å². The number of benzene rings is 1. The number of aromatic nitrogens is 2. The molecule has 2 aromatic heterocycles. The number of amides is 1. The fourth-order valence-corrected chi connectivity index (χ4v) is 6.19. The summed E-state index contributed by atoms with van der Waals surface area (Å²) in [6.07, 6.45) is 4.49. The van der Waals surface area contributed by atoms with E-state index >= 15 is 4.39 Å². The zero-order chi connectivity index (χ0) is 27.0. The van der Waals surface area contributed by atoms with E-state index in [0.717, 1.165) is 30.8 Å². The number of hydrogen-bond donors (Lipinski definition) is 3. The van der Waals surface area contributed by atoms with Crippen molar-refractivity contribution in [2.75, 3.05) is 30.3 Å². The quantitative estimate of drug-likeness (QED) is 0.384. The number of likely N-dealkylation sites (tertiary alicyclic amines) is 1. The molecular formula is C25H29FN6O5S. The third-order valence-corrected chi connectivity index (χ3v) is 8.52. The number of rotatable bonds is 8. The van der Waals surface area contributed by atoms with Gasteiger partial charge in [-0.05, 0) is 43.0 Å². The number of fused-ring (bicyclic) bond motifs is 1. The molecular weight excluding hydrogens is 515 g/mol. The van der Waals surface area contributed by atoms with Crippen molar-refractivity contribution in [3.8, 4) is 0 Å². The third kappa shape index (κ3) is 4.86. The maximum atomic E-state index is 15.2. The third-order valence-electron chi connectivity index (χ3n) is 7.06. The van der Waals surface area contributed by atoms with Crippen LogP contribution in [-0.4, -0.2) is 72.0 Å². The summed E-state index contributed by atoms with van der Waals surface area (Å²) in [7, 11) is -4.08. The molecule has 1 aromatic carbocycles. The van der Waals surface area contributed by atoms with E-state index in [1.54, 1.807) is 12.1 Å². The second-order valence-electron chi connectivity index (χ2n) is 9.43. The van der Waals surface area contributed by atoms with Gasteiger partial charge in [0.05, 0.1) is 0 Å². The average molecular weight is 545 g/mol. The lowest BCUT2D eigenvalue weighted by Crippen LogP contribution is -2.48. The highest BCUT2D eigenvalue weighted by atomic mass is 32.2. The minimum atomic E-state index is -4.08. The Bertz CT molecular complexity index is 1500. The zero-order valence-electron chi connectivity index (χ0n) is 20.4. The van der Waals surface area contributed by atoms with Crippen LogP contribution in [0.5, 0.6) is 0 Å². The molecule has 0 spiro atoms. The Morgan fingerprint density at radius 2 is 1.92 bits per heavy atom. The predicted octanol–water partition coefficient (Wildman–Crippen LogP) is 1.77. The SMILES string of the molecule is Nc1nccc2c(F)c(C[C@H](C(=O)O)N3CC[C@H](NS(=O)(=O)c4ccc(N5CCCC5)nc4)C3=O)ccc12.[HH]. The molecule has 2 atom stereocenters. The lowest BCUT2D eigenvalue weighted by atomic mass is 10.0. The van der Waals surface area contributed by atoms with Crippen molar-refractivity contribution in [2.24, 2.45) is 0 Å². The highest BCUT2D eigenvalue weighted by Crippen LogP contribution is 2.27. The summed E-state index contributed by atoms with van der Waals surface area (Å²) >= 11 is 0. The van der Waals surface area contributed by atoms with Gasteiger partial charge in [-0.3, -0.25) is 4.79 Å². The molecule has 4 N–H and O–H groups in total. The van der Waals surface area contributed by atoms with Crippen LogP contribution in [0, 0.1) is 5.82 Å². The molecule has 0 saturated carbocycles. The summed E-state index contributed by atoms with van der Waals surface area (Å²) in [5, 5.41) is 10.5. The Kier molecular flexibility index (Phi) is 6.88. The van der Waals surface area contributed by atoms with Crippen molar-refractivity contribution < 1.29 is 28.9 Å². The largest absolute Gasteiger partial charge is 0.480 e. The lowest BCUT2D eigenvalue weighted by molar-refractivity contribution is -0.148. The van der Waals surface area contributed by atoms with Crippen LogP contribution >= 0.6 is 0 Å². The van der Waals surface area contributed by atoms with E-state index in [-0.39, 0.29) is 42.5 Å². The second-order valence-corrected chi connectivity index (χ2v) is 11.1. The van der Waals surface area contributed by atoms with Crippen LogP contribution in [0.1, 0.15) is 26.3 Å². The van der Waals surface area contributed by atoms with E-state index in [2.05, 4.69) is 19.6 Å². The fourth-order valence-electron chi connectivity index (χ4n) is 5.02. The first-order valence-corrected chi connectivity index (χ1v) is 13.7. The van der Waals surface area contributed by atoms with E-state index in [0.29, 0.717) is 11.2 Å². The standard InChI is InChI=1S/C25H27FN6O5S.H2/c26-22-15(3-5-18-17(22)7-9-28-23(18)27)13-20(25(34)35)32-12-8-19(24(32)33)30-38(36,37)16-4-6-21(29-14-16)31-10-1-2-11-31;/h3-7,9,14,19-20,30H,1-2,8,10-13H2,(H2,27,28)(H,34,35);1H/t19-,20+;/m0./s1. The van der Waals surface area contributed by atoms with Crippen LogP contribution in [0.2, 0.25) is 0 Å². The Morgan fingerprint density at radius 3 is 2.61 bits per heavy atom. The molecule has 0 aliphatic carbocycles. The fraction of sp³-hybridized carbons (Fsp3) is 0.360. The Labute approximate surface area is 220 Å². The van der Waals surface area contributed by atoms with Crippen LogP contribution in [0.25, 0.3) is 10.8 Å². The number of pyridine rings is 2. The van der Waals surface area contributed by atoms with Crippen LogP contribution < -0.4 is 15.4 Å². The van der Waals surface area contributed by atoms with Gasteiger partial charge in [0.1, 0.15) is 34.4 Å². The molecule has 0 radical (unpaired) electrons. The Balaban J connectivity index is 0.00000353.